The molecule has 0 spiro atoms. The Morgan fingerprint density at radius 2 is 1.70 bits per heavy atom. The number of unbranched alkanes of at least 4 members (excludes halogenated alkanes) is 1. The summed E-state index contributed by atoms with van der Waals surface area (Å²) < 4.78 is 0. The van der Waals surface area contributed by atoms with Crippen molar-refractivity contribution in [2.24, 2.45) is 0 Å². The molecular weight excluding hydrogens is 412 g/mol. The number of tetrazole rings is 1. The smallest absolute Gasteiger partial charge is 0.247 e. The van der Waals surface area contributed by atoms with E-state index in [0.29, 0.717) is 12.4 Å². The average Bonchev–Trinajstić information content (AvgIpc) is 3.39. The maximum absolute atomic E-state index is 12.9. The Morgan fingerprint density at radius 3 is 2.45 bits per heavy atom. The lowest BCUT2D eigenvalue weighted by atomic mass is 9.97. The van der Waals surface area contributed by atoms with Crippen molar-refractivity contribution in [3.8, 4) is 22.5 Å². The third-order valence-electron chi connectivity index (χ3n) is 6.11. The number of hydrogen-bond donors (Lipinski definition) is 2. The second-order valence-corrected chi connectivity index (χ2v) is 8.27. The van der Waals surface area contributed by atoms with Gasteiger partial charge in [-0.15, -0.1) is 10.2 Å². The van der Waals surface area contributed by atoms with Crippen LogP contribution in [0.3, 0.4) is 0 Å². The highest BCUT2D eigenvalue weighted by atomic mass is 16.2. The predicted molar refractivity (Wildman–Crippen MR) is 130 cm³/mol. The number of hydrogen-bond acceptors (Lipinski definition) is 5. The normalized spacial score (nSPS) is 15.2. The summed E-state index contributed by atoms with van der Waals surface area (Å²) in [6.45, 7) is 2.83. The number of nitrogens with zero attached hydrogens (tertiary/aromatic N) is 4. The molecule has 0 radical (unpaired) electrons. The van der Waals surface area contributed by atoms with Crippen molar-refractivity contribution >= 4 is 17.3 Å². The highest BCUT2D eigenvalue weighted by Gasteiger charge is 2.32. The topological polar surface area (TPSA) is 86.8 Å². The van der Waals surface area contributed by atoms with Gasteiger partial charge in [0, 0.05) is 12.1 Å². The van der Waals surface area contributed by atoms with Crippen molar-refractivity contribution in [2.45, 2.75) is 38.8 Å². The third-order valence-corrected chi connectivity index (χ3v) is 6.11. The van der Waals surface area contributed by atoms with E-state index >= 15 is 0 Å². The first kappa shape index (κ1) is 20.9. The van der Waals surface area contributed by atoms with Crippen LogP contribution in [0, 0.1) is 0 Å². The number of anilines is 2. The number of fused-ring (bicyclic) bond motifs is 1. The number of rotatable bonds is 7. The summed E-state index contributed by atoms with van der Waals surface area (Å²) in [5, 5.41) is 17.6. The summed E-state index contributed by atoms with van der Waals surface area (Å²) in [5.41, 5.74) is 6.17. The SMILES string of the molecule is CCCCC1C(=O)Nc2ccccc2N1Cc1ccc(-c2ccccc2-c2nn[nH]n2)cc1. The highest BCUT2D eigenvalue weighted by Crippen LogP contribution is 2.35. The largest absolute Gasteiger partial charge is 0.353 e. The molecule has 1 amide bonds. The van der Waals surface area contributed by atoms with Crippen molar-refractivity contribution < 1.29 is 4.79 Å². The molecule has 4 aromatic rings. The van der Waals surface area contributed by atoms with E-state index in [1.807, 2.05) is 36.4 Å². The van der Waals surface area contributed by atoms with E-state index in [0.717, 1.165) is 52.9 Å². The lowest BCUT2D eigenvalue weighted by molar-refractivity contribution is -0.117. The van der Waals surface area contributed by atoms with Crippen LogP contribution in [-0.4, -0.2) is 32.6 Å². The van der Waals surface area contributed by atoms with Crippen LogP contribution in [0.25, 0.3) is 22.5 Å². The van der Waals surface area contributed by atoms with E-state index in [2.05, 4.69) is 74.2 Å². The molecule has 7 heteroatoms. The maximum Gasteiger partial charge on any atom is 0.247 e. The first-order valence-corrected chi connectivity index (χ1v) is 11.3. The van der Waals surface area contributed by atoms with E-state index in [4.69, 9.17) is 0 Å². The van der Waals surface area contributed by atoms with Gasteiger partial charge in [-0.2, -0.15) is 5.21 Å². The molecule has 0 fully saturated rings. The Kier molecular flexibility index (Phi) is 5.85. The Bertz CT molecular complexity index is 1240. The van der Waals surface area contributed by atoms with Crippen LogP contribution in [-0.2, 0) is 11.3 Å². The van der Waals surface area contributed by atoms with Crippen molar-refractivity contribution in [3.05, 3.63) is 78.4 Å². The van der Waals surface area contributed by atoms with Crippen LogP contribution in [0.1, 0.15) is 31.7 Å². The molecule has 3 aromatic carbocycles. The lowest BCUT2D eigenvalue weighted by Crippen LogP contribution is -2.47. The fraction of sp³-hybridized carbons (Fsp3) is 0.231. The van der Waals surface area contributed by atoms with Crippen LogP contribution >= 0.6 is 0 Å². The standard InChI is InChI=1S/C26H26N6O/c1-2-3-11-24-26(33)27-22-10-6-7-12-23(22)32(24)17-18-13-15-19(16-14-18)20-8-4-5-9-21(20)25-28-30-31-29-25/h4-10,12-16,24H,2-3,11,17H2,1H3,(H,27,33)(H,28,29,30,31). The minimum absolute atomic E-state index is 0.0767. The molecule has 2 N–H and O–H groups in total. The van der Waals surface area contributed by atoms with Gasteiger partial charge in [0.25, 0.3) is 0 Å². The van der Waals surface area contributed by atoms with E-state index in [1.54, 1.807) is 0 Å². The van der Waals surface area contributed by atoms with Gasteiger partial charge in [-0.1, -0.05) is 80.4 Å². The van der Waals surface area contributed by atoms with Crippen LogP contribution in [0.5, 0.6) is 0 Å². The molecule has 2 heterocycles. The Morgan fingerprint density at radius 1 is 0.939 bits per heavy atom. The van der Waals surface area contributed by atoms with Gasteiger partial charge in [-0.05, 0) is 40.5 Å². The average molecular weight is 439 g/mol. The molecule has 5 rings (SSSR count). The molecular formula is C26H26N6O. The molecule has 1 atom stereocenters. The summed E-state index contributed by atoms with van der Waals surface area (Å²) >= 11 is 0. The monoisotopic (exact) mass is 438 g/mol. The number of amides is 1. The van der Waals surface area contributed by atoms with E-state index in [1.165, 1.54) is 0 Å². The maximum atomic E-state index is 12.9. The van der Waals surface area contributed by atoms with Crippen LogP contribution < -0.4 is 10.2 Å². The fourth-order valence-corrected chi connectivity index (χ4v) is 4.43. The van der Waals surface area contributed by atoms with Gasteiger partial charge in [-0.25, -0.2) is 0 Å². The molecule has 7 nitrogen and oxygen atoms in total. The summed E-state index contributed by atoms with van der Waals surface area (Å²) in [7, 11) is 0. The van der Waals surface area contributed by atoms with Crippen LogP contribution in [0.2, 0.25) is 0 Å². The summed E-state index contributed by atoms with van der Waals surface area (Å²) in [6, 6.07) is 24.4. The van der Waals surface area contributed by atoms with E-state index < -0.39 is 0 Å². The first-order chi connectivity index (χ1) is 16.2. The summed E-state index contributed by atoms with van der Waals surface area (Å²) in [6.07, 6.45) is 2.92. The summed E-state index contributed by atoms with van der Waals surface area (Å²) in [4.78, 5) is 15.1. The highest BCUT2D eigenvalue weighted by molar-refractivity contribution is 6.03. The van der Waals surface area contributed by atoms with Crippen LogP contribution in [0.4, 0.5) is 11.4 Å². The zero-order valence-electron chi connectivity index (χ0n) is 18.5. The van der Waals surface area contributed by atoms with Crippen molar-refractivity contribution in [1.82, 2.24) is 20.6 Å². The molecule has 33 heavy (non-hydrogen) atoms. The van der Waals surface area contributed by atoms with E-state index in [-0.39, 0.29) is 11.9 Å². The van der Waals surface area contributed by atoms with Gasteiger partial charge in [0.2, 0.25) is 11.7 Å². The lowest BCUT2D eigenvalue weighted by Gasteiger charge is -2.38. The number of nitrogens with one attached hydrogen (secondary N) is 2. The zero-order valence-corrected chi connectivity index (χ0v) is 18.5. The van der Waals surface area contributed by atoms with Gasteiger partial charge < -0.3 is 10.2 Å². The molecule has 0 bridgehead atoms. The second-order valence-electron chi connectivity index (χ2n) is 8.27. The fourth-order valence-electron chi connectivity index (χ4n) is 4.43. The molecule has 1 aliphatic heterocycles. The minimum Gasteiger partial charge on any atom is -0.353 e. The molecule has 0 aliphatic carbocycles. The van der Waals surface area contributed by atoms with Gasteiger partial charge >= 0.3 is 0 Å². The number of H-pyrrole nitrogens is 1. The molecule has 1 unspecified atom stereocenters. The second kappa shape index (κ2) is 9.24. The Labute approximate surface area is 192 Å². The summed E-state index contributed by atoms with van der Waals surface area (Å²) in [5.74, 6) is 0.650. The van der Waals surface area contributed by atoms with E-state index in [9.17, 15) is 4.79 Å². The predicted octanol–water partition coefficient (Wildman–Crippen LogP) is 5.05. The Balaban J connectivity index is 1.44. The van der Waals surface area contributed by atoms with Gasteiger partial charge in [-0.3, -0.25) is 4.79 Å². The van der Waals surface area contributed by atoms with Crippen LogP contribution in [0.15, 0.2) is 72.8 Å². The van der Waals surface area contributed by atoms with Gasteiger partial charge in [0.1, 0.15) is 6.04 Å². The van der Waals surface area contributed by atoms with Crippen molar-refractivity contribution in [3.63, 3.8) is 0 Å². The first-order valence-electron chi connectivity index (χ1n) is 11.3. The van der Waals surface area contributed by atoms with Gasteiger partial charge in [0.15, 0.2) is 0 Å². The Hall–Kier alpha value is -4.00. The molecule has 166 valence electrons. The van der Waals surface area contributed by atoms with Crippen molar-refractivity contribution in [2.75, 3.05) is 10.2 Å². The van der Waals surface area contributed by atoms with Crippen molar-refractivity contribution in [1.29, 1.82) is 0 Å². The number of carbonyl (C=O) groups excluding carboxylic acids is 1. The number of para-hydroxylation sites is 2. The number of aromatic amines is 1. The number of aromatic nitrogens is 4. The zero-order chi connectivity index (χ0) is 22.6. The molecule has 1 aliphatic rings. The molecule has 0 saturated heterocycles. The number of carbonyl (C=O) groups is 1. The molecule has 1 aromatic heterocycles. The number of benzene rings is 3. The third kappa shape index (κ3) is 4.22. The minimum atomic E-state index is -0.168. The molecule has 0 saturated carbocycles. The quantitative estimate of drug-likeness (QED) is 0.422. The van der Waals surface area contributed by atoms with Gasteiger partial charge in [0.05, 0.1) is 11.4 Å².